The Morgan fingerprint density at radius 3 is 2.89 bits per heavy atom. The predicted octanol–water partition coefficient (Wildman–Crippen LogP) is 0.680. The molecule has 108 valence electrons. The van der Waals surface area contributed by atoms with Crippen molar-refractivity contribution in [1.29, 1.82) is 5.26 Å². The van der Waals surface area contributed by atoms with Crippen molar-refractivity contribution in [2.24, 2.45) is 5.92 Å². The van der Waals surface area contributed by atoms with E-state index in [2.05, 4.69) is 23.2 Å². The lowest BCUT2D eigenvalue weighted by atomic mass is 9.99. The summed E-state index contributed by atoms with van der Waals surface area (Å²) in [5.41, 5.74) is 0. The molecule has 0 aromatic rings. The zero-order valence-corrected chi connectivity index (χ0v) is 12.2. The van der Waals surface area contributed by atoms with Gasteiger partial charge in [-0.25, -0.2) is 0 Å². The maximum Gasteiger partial charge on any atom is 0.236 e. The van der Waals surface area contributed by atoms with Crippen LogP contribution in [0.1, 0.15) is 26.2 Å². The molecule has 1 N–H and O–H groups in total. The summed E-state index contributed by atoms with van der Waals surface area (Å²) in [7, 11) is 1.77. The second-order valence-corrected chi connectivity index (χ2v) is 5.26. The van der Waals surface area contributed by atoms with Crippen molar-refractivity contribution in [2.45, 2.75) is 26.2 Å². The first-order valence-electron chi connectivity index (χ1n) is 7.21. The van der Waals surface area contributed by atoms with E-state index in [1.165, 1.54) is 12.8 Å². The van der Waals surface area contributed by atoms with E-state index < -0.39 is 0 Å². The first-order chi connectivity index (χ1) is 9.17. The fraction of sp³-hybridized carbons (Fsp3) is 0.857. The molecule has 0 aromatic carbocycles. The van der Waals surface area contributed by atoms with Gasteiger partial charge in [0.25, 0.3) is 0 Å². The van der Waals surface area contributed by atoms with Gasteiger partial charge in [-0.1, -0.05) is 6.92 Å². The highest BCUT2D eigenvalue weighted by molar-refractivity contribution is 5.77. The lowest BCUT2D eigenvalue weighted by Crippen LogP contribution is -2.43. The Morgan fingerprint density at radius 2 is 2.32 bits per heavy atom. The molecule has 0 aliphatic carbocycles. The lowest BCUT2D eigenvalue weighted by molar-refractivity contribution is -0.131. The van der Waals surface area contributed by atoms with Gasteiger partial charge in [-0.2, -0.15) is 5.26 Å². The largest absolute Gasteiger partial charge is 0.344 e. The number of likely N-dealkylation sites (N-methyl/N-ethyl adjacent to an activating group) is 2. The molecule has 1 saturated heterocycles. The van der Waals surface area contributed by atoms with Crippen molar-refractivity contribution < 1.29 is 4.79 Å². The molecule has 1 heterocycles. The average Bonchev–Trinajstić information content (AvgIpc) is 2.44. The molecule has 1 rings (SSSR count). The van der Waals surface area contributed by atoms with Gasteiger partial charge in [0.1, 0.15) is 0 Å². The molecule has 0 aromatic heterocycles. The molecule has 19 heavy (non-hydrogen) atoms. The molecule has 1 aliphatic heterocycles. The fourth-order valence-corrected chi connectivity index (χ4v) is 2.40. The molecular formula is C14H26N4O. The number of nitriles is 1. The maximum absolute atomic E-state index is 12.0. The second kappa shape index (κ2) is 8.89. The Balaban J connectivity index is 2.34. The number of carbonyl (C=O) groups excluding carboxylic acids is 1. The number of piperidine rings is 1. The minimum atomic E-state index is 0.112. The van der Waals surface area contributed by atoms with Gasteiger partial charge in [0.15, 0.2) is 0 Å². The maximum atomic E-state index is 12.0. The molecule has 1 fully saturated rings. The van der Waals surface area contributed by atoms with Gasteiger partial charge < -0.3 is 10.2 Å². The molecule has 0 spiro atoms. The van der Waals surface area contributed by atoms with E-state index in [1.807, 2.05) is 0 Å². The Hall–Kier alpha value is -1.12. The van der Waals surface area contributed by atoms with E-state index in [4.69, 9.17) is 5.26 Å². The number of hydrogen-bond donors (Lipinski definition) is 1. The van der Waals surface area contributed by atoms with Crippen LogP contribution < -0.4 is 5.32 Å². The van der Waals surface area contributed by atoms with Gasteiger partial charge in [-0.05, 0) is 38.4 Å². The Morgan fingerprint density at radius 1 is 1.53 bits per heavy atom. The lowest BCUT2D eigenvalue weighted by Gasteiger charge is -2.30. The zero-order valence-electron chi connectivity index (χ0n) is 12.2. The van der Waals surface area contributed by atoms with Crippen molar-refractivity contribution in [3.63, 3.8) is 0 Å². The zero-order chi connectivity index (χ0) is 14.1. The van der Waals surface area contributed by atoms with E-state index in [9.17, 15) is 4.79 Å². The number of nitrogens with zero attached hydrogens (tertiary/aromatic N) is 3. The third kappa shape index (κ3) is 6.04. The third-order valence-electron chi connectivity index (χ3n) is 3.71. The molecule has 5 heteroatoms. The summed E-state index contributed by atoms with van der Waals surface area (Å²) >= 11 is 0. The first kappa shape index (κ1) is 15.9. The van der Waals surface area contributed by atoms with Crippen LogP contribution in [0.3, 0.4) is 0 Å². The SMILES string of the molecule is CCN(CC(=O)N(C)CCC#N)CC1CCCNC1. The first-order valence-corrected chi connectivity index (χ1v) is 7.21. The minimum Gasteiger partial charge on any atom is -0.344 e. The van der Waals surface area contributed by atoms with E-state index in [0.29, 0.717) is 25.4 Å². The summed E-state index contributed by atoms with van der Waals surface area (Å²) in [6.45, 7) is 7.16. The van der Waals surface area contributed by atoms with Gasteiger partial charge >= 0.3 is 0 Å². The van der Waals surface area contributed by atoms with Crippen LogP contribution in [-0.2, 0) is 4.79 Å². The highest BCUT2D eigenvalue weighted by Crippen LogP contribution is 2.11. The summed E-state index contributed by atoms with van der Waals surface area (Å²) in [5.74, 6) is 0.770. The van der Waals surface area contributed by atoms with Crippen LogP contribution in [0.25, 0.3) is 0 Å². The highest BCUT2D eigenvalue weighted by atomic mass is 16.2. The second-order valence-electron chi connectivity index (χ2n) is 5.26. The van der Waals surface area contributed by atoms with Crippen molar-refractivity contribution in [1.82, 2.24) is 15.1 Å². The van der Waals surface area contributed by atoms with Crippen LogP contribution in [0.5, 0.6) is 0 Å². The third-order valence-corrected chi connectivity index (χ3v) is 3.71. The van der Waals surface area contributed by atoms with Crippen LogP contribution in [0.4, 0.5) is 0 Å². The molecule has 0 saturated carbocycles. The van der Waals surface area contributed by atoms with Crippen LogP contribution in [0, 0.1) is 17.2 Å². The van der Waals surface area contributed by atoms with Crippen molar-refractivity contribution in [2.75, 3.05) is 46.3 Å². The van der Waals surface area contributed by atoms with Gasteiger partial charge in [0, 0.05) is 20.1 Å². The number of carbonyl (C=O) groups is 1. The van der Waals surface area contributed by atoms with Crippen molar-refractivity contribution in [3.8, 4) is 6.07 Å². The van der Waals surface area contributed by atoms with Gasteiger partial charge in [-0.3, -0.25) is 9.69 Å². The molecule has 1 amide bonds. The van der Waals surface area contributed by atoms with E-state index >= 15 is 0 Å². The topological polar surface area (TPSA) is 59.4 Å². The van der Waals surface area contributed by atoms with Crippen LogP contribution in [-0.4, -0.2) is 62.0 Å². The van der Waals surface area contributed by atoms with Gasteiger partial charge in [-0.15, -0.1) is 0 Å². The Bertz CT molecular complexity index is 307. The molecular weight excluding hydrogens is 240 g/mol. The summed E-state index contributed by atoms with van der Waals surface area (Å²) < 4.78 is 0. The summed E-state index contributed by atoms with van der Waals surface area (Å²) in [6, 6.07) is 2.07. The molecule has 0 radical (unpaired) electrons. The van der Waals surface area contributed by atoms with E-state index in [1.54, 1.807) is 11.9 Å². The van der Waals surface area contributed by atoms with Crippen molar-refractivity contribution >= 4 is 5.91 Å². The van der Waals surface area contributed by atoms with Crippen molar-refractivity contribution in [3.05, 3.63) is 0 Å². The smallest absolute Gasteiger partial charge is 0.236 e. The quantitative estimate of drug-likeness (QED) is 0.736. The molecule has 1 aliphatic rings. The molecule has 0 bridgehead atoms. The monoisotopic (exact) mass is 266 g/mol. The molecule has 1 atom stereocenters. The predicted molar refractivity (Wildman–Crippen MR) is 75.6 cm³/mol. The van der Waals surface area contributed by atoms with E-state index in [-0.39, 0.29) is 5.91 Å². The number of amides is 1. The summed E-state index contributed by atoms with van der Waals surface area (Å²) in [6.07, 6.45) is 2.89. The van der Waals surface area contributed by atoms with E-state index in [0.717, 1.165) is 26.2 Å². The molecule has 1 unspecified atom stereocenters. The Kier molecular flexibility index (Phi) is 7.46. The Labute approximate surface area is 116 Å². The van der Waals surface area contributed by atoms with Crippen LogP contribution >= 0.6 is 0 Å². The summed E-state index contributed by atoms with van der Waals surface area (Å²) in [4.78, 5) is 15.9. The fourth-order valence-electron chi connectivity index (χ4n) is 2.40. The van der Waals surface area contributed by atoms with Gasteiger partial charge in [0.05, 0.1) is 19.0 Å². The number of nitrogens with one attached hydrogen (secondary N) is 1. The molecule has 5 nitrogen and oxygen atoms in total. The van der Waals surface area contributed by atoms with Crippen LogP contribution in [0.2, 0.25) is 0 Å². The van der Waals surface area contributed by atoms with Gasteiger partial charge in [0.2, 0.25) is 5.91 Å². The normalized spacial score (nSPS) is 19.2. The van der Waals surface area contributed by atoms with Crippen LogP contribution in [0.15, 0.2) is 0 Å². The highest BCUT2D eigenvalue weighted by Gasteiger charge is 2.19. The standard InChI is InChI=1S/C14H26N4O/c1-3-18(11-13-6-4-8-16-10-13)12-14(19)17(2)9-5-7-15/h13,16H,3-6,8-12H2,1-2H3. The average molecular weight is 266 g/mol. The number of hydrogen-bond acceptors (Lipinski definition) is 4. The summed E-state index contributed by atoms with van der Waals surface area (Å²) in [5, 5.41) is 11.9. The number of rotatable bonds is 7. The minimum absolute atomic E-state index is 0.112.